The molecule has 0 bridgehead atoms. The van der Waals surface area contributed by atoms with Crippen LogP contribution in [-0.2, 0) is 21.2 Å². The van der Waals surface area contributed by atoms with Crippen molar-refractivity contribution in [2.45, 2.75) is 19.0 Å². The number of carbonyl (C=O) groups is 2. The Kier molecular flexibility index (Phi) is 4.08. The van der Waals surface area contributed by atoms with Gasteiger partial charge >= 0.3 is 6.03 Å². The molecule has 108 valence electrons. The molecule has 20 heavy (non-hydrogen) atoms. The number of nitrogens with zero attached hydrogens (tertiary/aromatic N) is 1. The fourth-order valence-electron chi connectivity index (χ4n) is 2.02. The van der Waals surface area contributed by atoms with Gasteiger partial charge in [0.2, 0.25) is 0 Å². The van der Waals surface area contributed by atoms with Crippen LogP contribution in [0.2, 0.25) is 0 Å². The fraction of sp³-hybridized carbons (Fsp3) is 0.385. The zero-order valence-corrected chi connectivity index (χ0v) is 11.9. The molecule has 0 radical (unpaired) electrons. The molecule has 0 spiro atoms. The summed E-state index contributed by atoms with van der Waals surface area (Å²) in [6.45, 7) is 0.195. The molecule has 0 aromatic heterocycles. The molecular formula is C13H16N2O4S. The predicted molar refractivity (Wildman–Crippen MR) is 73.6 cm³/mol. The largest absolute Gasteiger partial charge is 0.326 e. The Morgan fingerprint density at radius 3 is 2.45 bits per heavy atom. The number of amides is 3. The maximum Gasteiger partial charge on any atom is 0.325 e. The molecule has 0 aliphatic carbocycles. The third-order valence-corrected chi connectivity index (χ3v) is 4.05. The standard InChI is InChI=1S/C13H16N2O4S/c1-20(18,19)8-7-11-12(16)15(13(17)14-11)9-10-5-3-2-4-6-10/h2-6,11H,7-9H2,1H3,(H,14,17). The lowest BCUT2D eigenvalue weighted by atomic mass is 10.2. The molecule has 1 heterocycles. The molecule has 1 aromatic rings. The van der Waals surface area contributed by atoms with Crippen molar-refractivity contribution in [3.05, 3.63) is 35.9 Å². The smallest absolute Gasteiger partial charge is 0.325 e. The molecule has 2 rings (SSSR count). The summed E-state index contributed by atoms with van der Waals surface area (Å²) in [6.07, 6.45) is 1.21. The Labute approximate surface area is 117 Å². The Morgan fingerprint density at radius 2 is 1.85 bits per heavy atom. The third-order valence-electron chi connectivity index (χ3n) is 3.07. The highest BCUT2D eigenvalue weighted by Gasteiger charge is 2.37. The normalized spacial score (nSPS) is 19.2. The lowest BCUT2D eigenvalue weighted by Gasteiger charge is -2.12. The van der Waals surface area contributed by atoms with Gasteiger partial charge in [0.25, 0.3) is 5.91 Å². The summed E-state index contributed by atoms with van der Waals surface area (Å²) in [7, 11) is -3.15. The fourth-order valence-corrected chi connectivity index (χ4v) is 2.68. The van der Waals surface area contributed by atoms with E-state index in [1.54, 1.807) is 0 Å². The van der Waals surface area contributed by atoms with E-state index in [4.69, 9.17) is 0 Å². The molecule has 1 aliphatic rings. The lowest BCUT2D eigenvalue weighted by molar-refractivity contribution is -0.127. The van der Waals surface area contributed by atoms with Crippen molar-refractivity contribution in [1.29, 1.82) is 0 Å². The second kappa shape index (κ2) is 5.62. The van der Waals surface area contributed by atoms with Gasteiger partial charge in [0.05, 0.1) is 12.3 Å². The molecule has 3 amide bonds. The van der Waals surface area contributed by atoms with Gasteiger partial charge in [0.1, 0.15) is 15.9 Å². The van der Waals surface area contributed by atoms with Gasteiger partial charge in [0.15, 0.2) is 0 Å². The maximum atomic E-state index is 12.1. The van der Waals surface area contributed by atoms with Crippen LogP contribution in [0, 0.1) is 0 Å². The van der Waals surface area contributed by atoms with E-state index in [1.165, 1.54) is 0 Å². The molecule has 1 atom stereocenters. The number of hydrogen-bond donors (Lipinski definition) is 1. The highest BCUT2D eigenvalue weighted by molar-refractivity contribution is 7.90. The third kappa shape index (κ3) is 3.57. The molecule has 1 aromatic carbocycles. The Hall–Kier alpha value is -1.89. The van der Waals surface area contributed by atoms with E-state index in [-0.39, 0.29) is 24.6 Å². The lowest BCUT2D eigenvalue weighted by Crippen LogP contribution is -2.32. The number of nitrogens with one attached hydrogen (secondary N) is 1. The molecule has 0 saturated carbocycles. The number of benzene rings is 1. The maximum absolute atomic E-state index is 12.1. The van der Waals surface area contributed by atoms with Gasteiger partial charge in [-0.2, -0.15) is 0 Å². The molecule has 1 N–H and O–H groups in total. The zero-order chi connectivity index (χ0) is 14.8. The SMILES string of the molecule is CS(=O)(=O)CCC1NC(=O)N(Cc2ccccc2)C1=O. The molecule has 7 heteroatoms. The van der Waals surface area contributed by atoms with Crippen molar-refractivity contribution in [3.63, 3.8) is 0 Å². The monoisotopic (exact) mass is 296 g/mol. The number of rotatable bonds is 5. The first-order valence-electron chi connectivity index (χ1n) is 6.20. The first-order valence-corrected chi connectivity index (χ1v) is 8.26. The number of sulfone groups is 1. The van der Waals surface area contributed by atoms with E-state index >= 15 is 0 Å². The molecule has 1 saturated heterocycles. The summed E-state index contributed by atoms with van der Waals surface area (Å²) in [6, 6.07) is 7.93. The Balaban J connectivity index is 2.02. The van der Waals surface area contributed by atoms with Crippen LogP contribution in [0.4, 0.5) is 4.79 Å². The van der Waals surface area contributed by atoms with Gasteiger partial charge in [-0.3, -0.25) is 9.69 Å². The van der Waals surface area contributed by atoms with Crippen molar-refractivity contribution >= 4 is 21.8 Å². The number of urea groups is 1. The minimum absolute atomic E-state index is 0.106. The van der Waals surface area contributed by atoms with Crippen LogP contribution in [0.25, 0.3) is 0 Å². The summed E-state index contributed by atoms with van der Waals surface area (Å²) in [4.78, 5) is 25.0. The molecule has 1 fully saturated rings. The number of carbonyl (C=O) groups excluding carboxylic acids is 2. The predicted octanol–water partition coefficient (Wildman–Crippen LogP) is 0.542. The van der Waals surface area contributed by atoms with Crippen molar-refractivity contribution in [2.75, 3.05) is 12.0 Å². The average molecular weight is 296 g/mol. The van der Waals surface area contributed by atoms with Gasteiger partial charge in [-0.1, -0.05) is 30.3 Å². The zero-order valence-electron chi connectivity index (χ0n) is 11.1. The Morgan fingerprint density at radius 1 is 1.20 bits per heavy atom. The molecular weight excluding hydrogens is 280 g/mol. The summed E-state index contributed by atoms with van der Waals surface area (Å²) in [5, 5.41) is 2.52. The van der Waals surface area contributed by atoms with E-state index in [1.807, 2.05) is 30.3 Å². The highest BCUT2D eigenvalue weighted by Crippen LogP contribution is 2.14. The summed E-state index contributed by atoms with van der Waals surface area (Å²) in [5.74, 6) is -0.495. The minimum Gasteiger partial charge on any atom is -0.326 e. The van der Waals surface area contributed by atoms with Gasteiger partial charge in [0, 0.05) is 6.26 Å². The minimum atomic E-state index is -3.15. The van der Waals surface area contributed by atoms with Gasteiger partial charge in [-0.15, -0.1) is 0 Å². The van der Waals surface area contributed by atoms with Gasteiger partial charge in [-0.25, -0.2) is 13.2 Å². The quantitative estimate of drug-likeness (QED) is 0.804. The first-order chi connectivity index (χ1) is 9.37. The number of imide groups is 1. The van der Waals surface area contributed by atoms with Crippen LogP contribution < -0.4 is 5.32 Å². The topological polar surface area (TPSA) is 83.6 Å². The summed E-state index contributed by atoms with van der Waals surface area (Å²) in [5.41, 5.74) is 0.847. The summed E-state index contributed by atoms with van der Waals surface area (Å²) < 4.78 is 22.2. The highest BCUT2D eigenvalue weighted by atomic mass is 32.2. The molecule has 1 unspecified atom stereocenters. The van der Waals surface area contributed by atoms with Crippen LogP contribution in [-0.4, -0.2) is 43.3 Å². The van der Waals surface area contributed by atoms with Crippen LogP contribution in [0.15, 0.2) is 30.3 Å². The van der Waals surface area contributed by atoms with E-state index in [0.717, 1.165) is 16.7 Å². The summed E-state index contributed by atoms with van der Waals surface area (Å²) >= 11 is 0. The number of hydrogen-bond acceptors (Lipinski definition) is 4. The van der Waals surface area contributed by atoms with E-state index in [9.17, 15) is 18.0 Å². The van der Waals surface area contributed by atoms with E-state index in [2.05, 4.69) is 5.32 Å². The first kappa shape index (κ1) is 14.5. The van der Waals surface area contributed by atoms with Crippen molar-refractivity contribution < 1.29 is 18.0 Å². The van der Waals surface area contributed by atoms with Gasteiger partial charge < -0.3 is 5.32 Å². The second-order valence-corrected chi connectivity index (χ2v) is 7.09. The van der Waals surface area contributed by atoms with Crippen molar-refractivity contribution in [3.8, 4) is 0 Å². The van der Waals surface area contributed by atoms with Crippen LogP contribution in [0.1, 0.15) is 12.0 Å². The van der Waals surface area contributed by atoms with Crippen LogP contribution in [0.3, 0.4) is 0 Å². The molecule has 1 aliphatic heterocycles. The second-order valence-electron chi connectivity index (χ2n) is 4.83. The molecule has 6 nitrogen and oxygen atoms in total. The van der Waals surface area contributed by atoms with Crippen molar-refractivity contribution in [1.82, 2.24) is 10.2 Å². The Bertz CT molecular complexity index is 613. The van der Waals surface area contributed by atoms with E-state index in [0.29, 0.717) is 0 Å². The van der Waals surface area contributed by atoms with Gasteiger partial charge in [-0.05, 0) is 12.0 Å². The van der Waals surface area contributed by atoms with Crippen LogP contribution in [0.5, 0.6) is 0 Å². The van der Waals surface area contributed by atoms with E-state index < -0.39 is 21.9 Å². The average Bonchev–Trinajstić information content (AvgIpc) is 2.64. The van der Waals surface area contributed by atoms with Crippen molar-refractivity contribution in [2.24, 2.45) is 0 Å². The van der Waals surface area contributed by atoms with Crippen LogP contribution >= 0.6 is 0 Å².